The zero-order valence-corrected chi connectivity index (χ0v) is 16.7. The standard InChI is InChI=1S/C19H16N4OS3/c24-18(16-12-27-19(23-16)14-5-9-25-10-14)21-6-1-2-17-22-15(11-26-17)13-3-7-20-8-4-13/h3-5,7-12H,1-2,6H2,(H,21,24). The van der Waals surface area contributed by atoms with E-state index in [2.05, 4.69) is 25.6 Å². The van der Waals surface area contributed by atoms with Gasteiger partial charge in [0.2, 0.25) is 0 Å². The molecule has 4 aromatic heterocycles. The number of amides is 1. The largest absolute Gasteiger partial charge is 0.351 e. The normalized spacial score (nSPS) is 10.8. The molecule has 4 rings (SSSR count). The molecule has 0 radical (unpaired) electrons. The van der Waals surface area contributed by atoms with Crippen molar-refractivity contribution in [2.24, 2.45) is 0 Å². The van der Waals surface area contributed by atoms with Crippen LogP contribution in [0.25, 0.3) is 21.8 Å². The van der Waals surface area contributed by atoms with E-state index in [9.17, 15) is 4.79 Å². The maximum Gasteiger partial charge on any atom is 0.270 e. The number of carbonyl (C=O) groups is 1. The molecule has 1 N–H and O–H groups in total. The van der Waals surface area contributed by atoms with E-state index >= 15 is 0 Å². The monoisotopic (exact) mass is 412 g/mol. The van der Waals surface area contributed by atoms with Crippen LogP contribution in [-0.2, 0) is 6.42 Å². The lowest BCUT2D eigenvalue weighted by atomic mass is 10.2. The van der Waals surface area contributed by atoms with Gasteiger partial charge in [0, 0.05) is 52.6 Å². The Morgan fingerprint density at radius 2 is 1.89 bits per heavy atom. The van der Waals surface area contributed by atoms with E-state index in [1.54, 1.807) is 35.1 Å². The van der Waals surface area contributed by atoms with E-state index < -0.39 is 0 Å². The van der Waals surface area contributed by atoms with Gasteiger partial charge in [-0.25, -0.2) is 9.97 Å². The third-order valence-electron chi connectivity index (χ3n) is 3.89. The molecule has 0 aliphatic carbocycles. The molecule has 0 aliphatic rings. The molecule has 1 amide bonds. The molecule has 0 bridgehead atoms. The van der Waals surface area contributed by atoms with Crippen molar-refractivity contribution in [3.05, 3.63) is 62.8 Å². The molecule has 8 heteroatoms. The summed E-state index contributed by atoms with van der Waals surface area (Å²) in [5.74, 6) is -0.121. The van der Waals surface area contributed by atoms with Gasteiger partial charge in [-0.2, -0.15) is 11.3 Å². The lowest BCUT2D eigenvalue weighted by Crippen LogP contribution is -2.25. The molecule has 4 aromatic rings. The lowest BCUT2D eigenvalue weighted by Gasteiger charge is -2.02. The van der Waals surface area contributed by atoms with Crippen LogP contribution >= 0.6 is 34.0 Å². The van der Waals surface area contributed by atoms with Gasteiger partial charge >= 0.3 is 0 Å². The average Bonchev–Trinajstić information content (AvgIpc) is 3.47. The van der Waals surface area contributed by atoms with Crippen molar-refractivity contribution in [2.75, 3.05) is 6.54 Å². The molecule has 27 heavy (non-hydrogen) atoms. The highest BCUT2D eigenvalue weighted by atomic mass is 32.1. The summed E-state index contributed by atoms with van der Waals surface area (Å²) in [6, 6.07) is 5.92. The van der Waals surface area contributed by atoms with Crippen LogP contribution < -0.4 is 5.32 Å². The molecule has 0 fully saturated rings. The van der Waals surface area contributed by atoms with Crippen LogP contribution in [0.15, 0.2) is 52.1 Å². The third-order valence-corrected chi connectivity index (χ3v) is 6.37. The molecule has 4 heterocycles. The first-order valence-corrected chi connectivity index (χ1v) is 11.1. The van der Waals surface area contributed by atoms with Crippen LogP contribution in [0.5, 0.6) is 0 Å². The summed E-state index contributed by atoms with van der Waals surface area (Å²) in [4.78, 5) is 25.4. The van der Waals surface area contributed by atoms with E-state index in [1.165, 1.54) is 11.3 Å². The highest BCUT2D eigenvalue weighted by molar-refractivity contribution is 7.14. The van der Waals surface area contributed by atoms with E-state index in [0.717, 1.165) is 39.7 Å². The zero-order valence-electron chi connectivity index (χ0n) is 14.3. The first-order chi connectivity index (χ1) is 13.3. The summed E-state index contributed by atoms with van der Waals surface area (Å²) >= 11 is 4.77. The van der Waals surface area contributed by atoms with Crippen LogP contribution in [-0.4, -0.2) is 27.4 Å². The number of nitrogens with one attached hydrogen (secondary N) is 1. The topological polar surface area (TPSA) is 67.8 Å². The molecule has 0 saturated heterocycles. The second kappa shape index (κ2) is 8.51. The fourth-order valence-electron chi connectivity index (χ4n) is 2.51. The molecule has 0 saturated carbocycles. The van der Waals surface area contributed by atoms with Gasteiger partial charge in [0.05, 0.1) is 10.7 Å². The van der Waals surface area contributed by atoms with Crippen LogP contribution in [0.1, 0.15) is 21.9 Å². The van der Waals surface area contributed by atoms with Crippen molar-refractivity contribution in [1.29, 1.82) is 0 Å². The molecule has 0 spiro atoms. The second-order valence-electron chi connectivity index (χ2n) is 5.77. The lowest BCUT2D eigenvalue weighted by molar-refractivity contribution is 0.0949. The van der Waals surface area contributed by atoms with Gasteiger partial charge in [-0.05, 0) is 30.0 Å². The number of thiazole rings is 2. The summed E-state index contributed by atoms with van der Waals surface area (Å²) < 4.78 is 0. The molecule has 0 aromatic carbocycles. The Hall–Kier alpha value is -2.42. The number of thiophene rings is 1. The number of aryl methyl sites for hydroxylation is 1. The van der Waals surface area contributed by atoms with Gasteiger partial charge in [0.25, 0.3) is 5.91 Å². The van der Waals surface area contributed by atoms with Crippen molar-refractivity contribution >= 4 is 39.9 Å². The SMILES string of the molecule is O=C(NCCCc1nc(-c2ccncc2)cs1)c1csc(-c2ccsc2)n1. The average molecular weight is 413 g/mol. The van der Waals surface area contributed by atoms with E-state index in [0.29, 0.717) is 12.2 Å². The fourth-order valence-corrected chi connectivity index (χ4v) is 4.87. The van der Waals surface area contributed by atoms with Crippen LogP contribution in [0.3, 0.4) is 0 Å². The molecule has 0 atom stereocenters. The number of rotatable bonds is 7. The quantitative estimate of drug-likeness (QED) is 0.445. The van der Waals surface area contributed by atoms with E-state index in [-0.39, 0.29) is 5.91 Å². The van der Waals surface area contributed by atoms with Crippen LogP contribution in [0.2, 0.25) is 0 Å². The number of hydrogen-bond acceptors (Lipinski definition) is 7. The van der Waals surface area contributed by atoms with Gasteiger partial charge in [-0.1, -0.05) is 0 Å². The number of nitrogens with zero attached hydrogens (tertiary/aromatic N) is 3. The number of carbonyl (C=O) groups excluding carboxylic acids is 1. The minimum atomic E-state index is -0.121. The van der Waals surface area contributed by atoms with Crippen molar-refractivity contribution in [3.8, 4) is 21.8 Å². The Bertz CT molecular complexity index is 1010. The maximum absolute atomic E-state index is 12.2. The highest BCUT2D eigenvalue weighted by Gasteiger charge is 2.12. The summed E-state index contributed by atoms with van der Waals surface area (Å²) in [5.41, 5.74) is 3.60. The Balaban J connectivity index is 1.26. The van der Waals surface area contributed by atoms with Crippen molar-refractivity contribution in [1.82, 2.24) is 20.3 Å². The third kappa shape index (κ3) is 4.47. The van der Waals surface area contributed by atoms with E-state index in [4.69, 9.17) is 0 Å². The first kappa shape index (κ1) is 18.0. The zero-order chi connectivity index (χ0) is 18.5. The Kier molecular flexibility index (Phi) is 5.66. The van der Waals surface area contributed by atoms with Gasteiger partial charge in [0.15, 0.2) is 0 Å². The molecule has 5 nitrogen and oxygen atoms in total. The minimum Gasteiger partial charge on any atom is -0.351 e. The Morgan fingerprint density at radius 3 is 2.70 bits per heavy atom. The molecular formula is C19H16N4OS3. The van der Waals surface area contributed by atoms with Gasteiger partial charge < -0.3 is 5.32 Å². The van der Waals surface area contributed by atoms with Gasteiger partial charge in [-0.3, -0.25) is 9.78 Å². The number of aromatic nitrogens is 3. The van der Waals surface area contributed by atoms with Gasteiger partial charge in [-0.15, -0.1) is 22.7 Å². The number of hydrogen-bond donors (Lipinski definition) is 1. The van der Waals surface area contributed by atoms with Gasteiger partial charge in [0.1, 0.15) is 10.7 Å². The summed E-state index contributed by atoms with van der Waals surface area (Å²) in [6.45, 7) is 0.605. The molecule has 0 aliphatic heterocycles. The molecular weight excluding hydrogens is 396 g/mol. The molecule has 136 valence electrons. The van der Waals surface area contributed by atoms with E-state index in [1.807, 2.05) is 34.3 Å². The van der Waals surface area contributed by atoms with Crippen LogP contribution in [0, 0.1) is 0 Å². The fraction of sp³-hybridized carbons (Fsp3) is 0.158. The smallest absolute Gasteiger partial charge is 0.270 e. The predicted octanol–water partition coefficient (Wildman–Crippen LogP) is 4.75. The summed E-state index contributed by atoms with van der Waals surface area (Å²) in [5, 5.41) is 12.8. The maximum atomic E-state index is 12.2. The predicted molar refractivity (Wildman–Crippen MR) is 111 cm³/mol. The highest BCUT2D eigenvalue weighted by Crippen LogP contribution is 2.25. The Labute approximate surface area is 168 Å². The second-order valence-corrected chi connectivity index (χ2v) is 8.35. The summed E-state index contributed by atoms with van der Waals surface area (Å²) in [7, 11) is 0. The summed E-state index contributed by atoms with van der Waals surface area (Å²) in [6.07, 6.45) is 5.22. The number of pyridine rings is 1. The van der Waals surface area contributed by atoms with Crippen molar-refractivity contribution in [3.63, 3.8) is 0 Å². The van der Waals surface area contributed by atoms with Crippen molar-refractivity contribution < 1.29 is 4.79 Å². The Morgan fingerprint density at radius 1 is 1.00 bits per heavy atom. The first-order valence-electron chi connectivity index (χ1n) is 8.41. The molecule has 0 unspecified atom stereocenters. The van der Waals surface area contributed by atoms with Crippen LogP contribution in [0.4, 0.5) is 0 Å². The van der Waals surface area contributed by atoms with Crippen molar-refractivity contribution in [2.45, 2.75) is 12.8 Å². The minimum absolute atomic E-state index is 0.121.